The molecular formula is C18H18O2S. The molecular weight excluding hydrogens is 280 g/mol. The molecule has 1 unspecified atom stereocenters. The van der Waals surface area contributed by atoms with E-state index in [0.29, 0.717) is 0 Å². The van der Waals surface area contributed by atoms with Crippen LogP contribution in [0.4, 0.5) is 0 Å². The number of hydrogen-bond donors (Lipinski definition) is 1. The molecule has 0 saturated carbocycles. The molecule has 2 nitrogen and oxygen atoms in total. The van der Waals surface area contributed by atoms with Gasteiger partial charge >= 0.3 is 0 Å². The van der Waals surface area contributed by atoms with Gasteiger partial charge in [-0.3, -0.25) is 0 Å². The molecule has 108 valence electrons. The van der Waals surface area contributed by atoms with Crippen LogP contribution >= 0.6 is 11.3 Å². The Morgan fingerprint density at radius 2 is 1.86 bits per heavy atom. The van der Waals surface area contributed by atoms with E-state index in [1.807, 2.05) is 35.7 Å². The topological polar surface area (TPSA) is 29.5 Å². The molecule has 1 heterocycles. The van der Waals surface area contributed by atoms with Crippen LogP contribution in [0.25, 0.3) is 10.8 Å². The number of aliphatic hydroxyl groups excluding tert-OH is 1. The molecule has 3 aromatic rings. The van der Waals surface area contributed by atoms with Gasteiger partial charge in [-0.15, -0.1) is 11.3 Å². The van der Waals surface area contributed by atoms with E-state index in [1.165, 1.54) is 5.56 Å². The number of aryl methyl sites for hydroxylation is 1. The maximum atomic E-state index is 10.6. The van der Waals surface area contributed by atoms with Crippen molar-refractivity contribution in [1.29, 1.82) is 0 Å². The Labute approximate surface area is 128 Å². The van der Waals surface area contributed by atoms with Crippen LogP contribution in [0.3, 0.4) is 0 Å². The molecule has 1 N–H and O–H groups in total. The van der Waals surface area contributed by atoms with Gasteiger partial charge in [0.25, 0.3) is 0 Å². The number of aliphatic hydroxyl groups is 1. The zero-order chi connectivity index (χ0) is 14.8. The van der Waals surface area contributed by atoms with Crippen LogP contribution in [0, 0.1) is 0 Å². The zero-order valence-corrected chi connectivity index (χ0v) is 13.0. The van der Waals surface area contributed by atoms with Crippen LogP contribution in [0.1, 0.15) is 29.0 Å². The Morgan fingerprint density at radius 1 is 1.10 bits per heavy atom. The van der Waals surface area contributed by atoms with E-state index in [1.54, 1.807) is 18.4 Å². The summed E-state index contributed by atoms with van der Waals surface area (Å²) in [7, 11) is 1.67. The Kier molecular flexibility index (Phi) is 3.95. The number of methoxy groups -OCH3 is 1. The summed E-state index contributed by atoms with van der Waals surface area (Å²) in [5.41, 5.74) is 2.16. The van der Waals surface area contributed by atoms with E-state index in [0.717, 1.165) is 33.4 Å². The Bertz CT molecular complexity index is 761. The molecule has 0 fully saturated rings. The van der Waals surface area contributed by atoms with Gasteiger partial charge in [0.15, 0.2) is 0 Å². The SMILES string of the molecule is CCc1ccsc1C(O)c1ccc2cc(OC)ccc2c1. The average molecular weight is 298 g/mol. The monoisotopic (exact) mass is 298 g/mol. The van der Waals surface area contributed by atoms with Crippen molar-refractivity contribution in [3.63, 3.8) is 0 Å². The van der Waals surface area contributed by atoms with Gasteiger partial charge in [0.1, 0.15) is 11.9 Å². The highest BCUT2D eigenvalue weighted by atomic mass is 32.1. The van der Waals surface area contributed by atoms with E-state index in [-0.39, 0.29) is 0 Å². The quantitative estimate of drug-likeness (QED) is 0.765. The number of benzene rings is 2. The average Bonchev–Trinajstić information content (AvgIpc) is 3.01. The molecule has 0 bridgehead atoms. The number of ether oxygens (including phenoxy) is 1. The second-order valence-electron chi connectivity index (χ2n) is 5.04. The molecule has 3 rings (SSSR count). The van der Waals surface area contributed by atoms with Crippen molar-refractivity contribution in [1.82, 2.24) is 0 Å². The van der Waals surface area contributed by atoms with Gasteiger partial charge in [0, 0.05) is 4.88 Å². The maximum absolute atomic E-state index is 10.6. The lowest BCUT2D eigenvalue weighted by Crippen LogP contribution is -2.00. The van der Waals surface area contributed by atoms with Gasteiger partial charge in [-0.05, 0) is 58.0 Å². The minimum Gasteiger partial charge on any atom is -0.497 e. The van der Waals surface area contributed by atoms with E-state index >= 15 is 0 Å². The second-order valence-corrected chi connectivity index (χ2v) is 5.99. The summed E-state index contributed by atoms with van der Waals surface area (Å²) in [5.74, 6) is 0.849. The number of thiophene rings is 1. The van der Waals surface area contributed by atoms with E-state index in [9.17, 15) is 5.11 Å². The zero-order valence-electron chi connectivity index (χ0n) is 12.2. The molecule has 0 aliphatic rings. The maximum Gasteiger partial charge on any atom is 0.119 e. The van der Waals surface area contributed by atoms with E-state index < -0.39 is 6.10 Å². The van der Waals surface area contributed by atoms with Crippen molar-refractivity contribution in [3.05, 3.63) is 63.8 Å². The summed E-state index contributed by atoms with van der Waals surface area (Å²) in [6, 6.07) is 14.2. The number of rotatable bonds is 4. The second kappa shape index (κ2) is 5.88. The first-order valence-electron chi connectivity index (χ1n) is 7.05. The van der Waals surface area contributed by atoms with Crippen LogP contribution in [0.2, 0.25) is 0 Å². The predicted molar refractivity (Wildman–Crippen MR) is 88.3 cm³/mol. The van der Waals surface area contributed by atoms with Gasteiger partial charge in [0.05, 0.1) is 7.11 Å². The molecule has 0 spiro atoms. The molecule has 0 saturated heterocycles. The fourth-order valence-electron chi connectivity index (χ4n) is 2.57. The summed E-state index contributed by atoms with van der Waals surface area (Å²) in [6.45, 7) is 2.12. The van der Waals surface area contributed by atoms with Crippen molar-refractivity contribution < 1.29 is 9.84 Å². The fraction of sp³-hybridized carbons (Fsp3) is 0.222. The van der Waals surface area contributed by atoms with Crippen LogP contribution < -0.4 is 4.74 Å². The predicted octanol–water partition coefficient (Wildman–Crippen LogP) is 4.55. The van der Waals surface area contributed by atoms with E-state index in [4.69, 9.17) is 4.74 Å². The third-order valence-electron chi connectivity index (χ3n) is 3.80. The van der Waals surface area contributed by atoms with Crippen molar-refractivity contribution in [2.45, 2.75) is 19.4 Å². The lowest BCUT2D eigenvalue weighted by atomic mass is 10.0. The molecule has 0 radical (unpaired) electrons. The van der Waals surface area contributed by atoms with Gasteiger partial charge < -0.3 is 9.84 Å². The van der Waals surface area contributed by atoms with Crippen LogP contribution in [-0.4, -0.2) is 12.2 Å². The minimum absolute atomic E-state index is 0.550. The first kappa shape index (κ1) is 14.1. The lowest BCUT2D eigenvalue weighted by molar-refractivity contribution is 0.223. The van der Waals surface area contributed by atoms with Crippen molar-refractivity contribution in [2.75, 3.05) is 7.11 Å². The molecule has 21 heavy (non-hydrogen) atoms. The Morgan fingerprint density at radius 3 is 2.62 bits per heavy atom. The molecule has 1 atom stereocenters. The molecule has 3 heteroatoms. The minimum atomic E-state index is -0.550. The first-order chi connectivity index (χ1) is 10.2. The highest BCUT2D eigenvalue weighted by Crippen LogP contribution is 2.32. The van der Waals surface area contributed by atoms with Gasteiger partial charge in [0.2, 0.25) is 0 Å². The molecule has 2 aromatic carbocycles. The van der Waals surface area contributed by atoms with Crippen molar-refractivity contribution in [2.24, 2.45) is 0 Å². The van der Waals surface area contributed by atoms with Crippen molar-refractivity contribution in [3.8, 4) is 5.75 Å². The highest BCUT2D eigenvalue weighted by molar-refractivity contribution is 7.10. The lowest BCUT2D eigenvalue weighted by Gasteiger charge is -2.13. The number of fused-ring (bicyclic) bond motifs is 1. The third-order valence-corrected chi connectivity index (χ3v) is 4.81. The fourth-order valence-corrected chi connectivity index (χ4v) is 3.58. The molecule has 0 amide bonds. The first-order valence-corrected chi connectivity index (χ1v) is 7.93. The number of hydrogen-bond acceptors (Lipinski definition) is 3. The summed E-state index contributed by atoms with van der Waals surface area (Å²) in [4.78, 5) is 1.05. The normalized spacial score (nSPS) is 12.5. The van der Waals surface area contributed by atoms with Gasteiger partial charge in [-0.1, -0.05) is 25.1 Å². The van der Waals surface area contributed by atoms with Crippen LogP contribution in [0.5, 0.6) is 5.75 Å². The van der Waals surface area contributed by atoms with Gasteiger partial charge in [-0.25, -0.2) is 0 Å². The largest absolute Gasteiger partial charge is 0.497 e. The Hall–Kier alpha value is -1.84. The molecule has 1 aromatic heterocycles. The van der Waals surface area contributed by atoms with Crippen LogP contribution in [-0.2, 0) is 6.42 Å². The molecule has 0 aliphatic carbocycles. The third kappa shape index (κ3) is 2.67. The summed E-state index contributed by atoms with van der Waals surface area (Å²) in [6.07, 6.45) is 0.396. The standard InChI is InChI=1S/C18H18O2S/c1-3-12-8-9-21-18(12)17(19)15-5-4-14-11-16(20-2)7-6-13(14)10-15/h4-11,17,19H,3H2,1-2H3. The Balaban J connectivity index is 2.01. The summed E-state index contributed by atoms with van der Waals surface area (Å²) < 4.78 is 5.24. The smallest absolute Gasteiger partial charge is 0.119 e. The van der Waals surface area contributed by atoms with Crippen molar-refractivity contribution >= 4 is 22.1 Å². The molecule has 0 aliphatic heterocycles. The van der Waals surface area contributed by atoms with Gasteiger partial charge in [-0.2, -0.15) is 0 Å². The summed E-state index contributed by atoms with van der Waals surface area (Å²) in [5, 5.41) is 14.9. The van der Waals surface area contributed by atoms with Crippen LogP contribution in [0.15, 0.2) is 47.8 Å². The summed E-state index contributed by atoms with van der Waals surface area (Å²) >= 11 is 1.62. The highest BCUT2D eigenvalue weighted by Gasteiger charge is 2.15. The van der Waals surface area contributed by atoms with E-state index in [2.05, 4.69) is 19.1 Å².